The molecule has 2 amide bonds. The SMILES string of the molecule is CC1SC2(C(=O)Nc3ccccc32)N(c2ccc(Cc3ccncc3)cc2)C1=O. The lowest BCUT2D eigenvalue weighted by molar-refractivity contribution is -0.122. The van der Waals surface area contributed by atoms with Crippen molar-refractivity contribution >= 4 is 35.0 Å². The van der Waals surface area contributed by atoms with Crippen molar-refractivity contribution in [2.24, 2.45) is 0 Å². The molecule has 2 unspecified atom stereocenters. The van der Waals surface area contributed by atoms with E-state index in [0.29, 0.717) is 0 Å². The fraction of sp³-hybridized carbons (Fsp3) is 0.174. The van der Waals surface area contributed by atoms with Crippen molar-refractivity contribution in [1.82, 2.24) is 4.98 Å². The van der Waals surface area contributed by atoms with Gasteiger partial charge in [-0.1, -0.05) is 30.3 Å². The second-order valence-corrected chi connectivity index (χ2v) is 8.81. The van der Waals surface area contributed by atoms with Gasteiger partial charge in [0.15, 0.2) is 0 Å². The molecule has 0 bridgehead atoms. The molecule has 29 heavy (non-hydrogen) atoms. The highest BCUT2D eigenvalue weighted by Gasteiger charge is 2.60. The third-order valence-electron chi connectivity index (χ3n) is 5.43. The molecule has 2 atom stereocenters. The van der Waals surface area contributed by atoms with Gasteiger partial charge in [0.05, 0.1) is 5.25 Å². The third-order valence-corrected chi connectivity index (χ3v) is 6.91. The molecule has 3 heterocycles. The number of para-hydroxylation sites is 1. The second kappa shape index (κ2) is 6.74. The molecule has 5 nitrogen and oxygen atoms in total. The lowest BCUT2D eigenvalue weighted by atomic mass is 10.0. The number of amides is 2. The second-order valence-electron chi connectivity index (χ2n) is 7.28. The Morgan fingerprint density at radius 3 is 2.45 bits per heavy atom. The number of fused-ring (bicyclic) bond motifs is 2. The molecule has 5 rings (SSSR count). The minimum Gasteiger partial charge on any atom is -0.323 e. The zero-order valence-electron chi connectivity index (χ0n) is 15.8. The Hall–Kier alpha value is -3.12. The van der Waals surface area contributed by atoms with E-state index < -0.39 is 4.87 Å². The van der Waals surface area contributed by atoms with Crippen molar-refractivity contribution in [1.29, 1.82) is 0 Å². The molecule has 1 saturated heterocycles. The number of carbonyl (C=O) groups excluding carboxylic acids is 2. The Bertz CT molecular complexity index is 1100. The molecule has 1 fully saturated rings. The van der Waals surface area contributed by atoms with Gasteiger partial charge < -0.3 is 5.32 Å². The number of pyridine rings is 1. The molecule has 1 spiro atoms. The highest BCUT2D eigenvalue weighted by molar-refractivity contribution is 8.03. The smallest absolute Gasteiger partial charge is 0.266 e. The number of carbonyl (C=O) groups is 2. The van der Waals surface area contributed by atoms with Crippen LogP contribution in [0.25, 0.3) is 0 Å². The Morgan fingerprint density at radius 1 is 1.00 bits per heavy atom. The van der Waals surface area contributed by atoms with Crippen LogP contribution >= 0.6 is 11.8 Å². The minimum atomic E-state index is -1.06. The van der Waals surface area contributed by atoms with E-state index in [2.05, 4.69) is 10.3 Å². The molecule has 6 heteroatoms. The van der Waals surface area contributed by atoms with Gasteiger partial charge in [0.25, 0.3) is 5.91 Å². The topological polar surface area (TPSA) is 62.3 Å². The summed E-state index contributed by atoms with van der Waals surface area (Å²) in [4.78, 5) is 30.9. The van der Waals surface area contributed by atoms with Crippen molar-refractivity contribution in [3.63, 3.8) is 0 Å². The maximum absolute atomic E-state index is 13.1. The largest absolute Gasteiger partial charge is 0.323 e. The van der Waals surface area contributed by atoms with E-state index in [1.54, 1.807) is 17.3 Å². The van der Waals surface area contributed by atoms with Gasteiger partial charge in [-0.25, -0.2) is 0 Å². The van der Waals surface area contributed by atoms with E-state index in [4.69, 9.17) is 0 Å². The molecule has 2 aromatic carbocycles. The van der Waals surface area contributed by atoms with Crippen LogP contribution < -0.4 is 10.2 Å². The monoisotopic (exact) mass is 401 g/mol. The van der Waals surface area contributed by atoms with Crippen molar-refractivity contribution in [3.8, 4) is 0 Å². The van der Waals surface area contributed by atoms with Crippen LogP contribution in [-0.4, -0.2) is 22.0 Å². The summed E-state index contributed by atoms with van der Waals surface area (Å²) in [5.74, 6) is -0.217. The van der Waals surface area contributed by atoms with Gasteiger partial charge in [-0.15, -0.1) is 11.8 Å². The molecule has 0 saturated carbocycles. The van der Waals surface area contributed by atoms with Crippen LogP contribution in [0.5, 0.6) is 0 Å². The Kier molecular flexibility index (Phi) is 4.17. The van der Waals surface area contributed by atoms with E-state index in [-0.39, 0.29) is 17.1 Å². The maximum Gasteiger partial charge on any atom is 0.266 e. The highest BCUT2D eigenvalue weighted by Crippen LogP contribution is 2.55. The minimum absolute atomic E-state index is 0.0521. The number of anilines is 2. The van der Waals surface area contributed by atoms with Crippen molar-refractivity contribution in [2.75, 3.05) is 10.2 Å². The molecule has 144 valence electrons. The first-order chi connectivity index (χ1) is 14.1. The molecular weight excluding hydrogens is 382 g/mol. The Labute approximate surface area is 173 Å². The summed E-state index contributed by atoms with van der Waals surface area (Å²) < 4.78 is 0. The molecule has 2 aliphatic heterocycles. The predicted molar refractivity (Wildman–Crippen MR) is 115 cm³/mol. The number of hydrogen-bond donors (Lipinski definition) is 1. The molecule has 3 aromatic rings. The Balaban J connectivity index is 1.54. The number of rotatable bonds is 3. The highest BCUT2D eigenvalue weighted by atomic mass is 32.2. The number of nitrogens with zero attached hydrogens (tertiary/aromatic N) is 2. The third kappa shape index (κ3) is 2.75. The quantitative estimate of drug-likeness (QED) is 0.722. The van der Waals surface area contributed by atoms with Crippen molar-refractivity contribution in [2.45, 2.75) is 23.5 Å². The van der Waals surface area contributed by atoms with Gasteiger partial charge in [0, 0.05) is 29.3 Å². The molecule has 1 aromatic heterocycles. The standard InChI is InChI=1S/C23H19N3O2S/c1-15-21(27)26(23(29-15)19-4-2-3-5-20(19)25-22(23)28)18-8-6-16(7-9-18)14-17-10-12-24-13-11-17/h2-13,15H,14H2,1H3,(H,25,28). The number of nitrogens with one attached hydrogen (secondary N) is 1. The maximum atomic E-state index is 13.1. The average molecular weight is 401 g/mol. The van der Waals surface area contributed by atoms with Crippen LogP contribution in [0.2, 0.25) is 0 Å². The van der Waals surface area contributed by atoms with Gasteiger partial charge >= 0.3 is 0 Å². The van der Waals surface area contributed by atoms with E-state index in [1.807, 2.05) is 67.6 Å². The molecule has 0 aliphatic carbocycles. The van der Waals surface area contributed by atoms with Crippen LogP contribution in [0.4, 0.5) is 11.4 Å². The van der Waals surface area contributed by atoms with Crippen LogP contribution in [0.1, 0.15) is 23.6 Å². The summed E-state index contributed by atoms with van der Waals surface area (Å²) in [5.41, 5.74) is 4.66. The van der Waals surface area contributed by atoms with Gasteiger partial charge in [-0.2, -0.15) is 0 Å². The fourth-order valence-corrected chi connectivity index (χ4v) is 5.54. The van der Waals surface area contributed by atoms with Gasteiger partial charge in [0.2, 0.25) is 10.8 Å². The average Bonchev–Trinajstić information content (AvgIpc) is 3.17. The fourth-order valence-electron chi connectivity index (χ4n) is 4.06. The van der Waals surface area contributed by atoms with Crippen LogP contribution in [0, 0.1) is 0 Å². The normalized spacial score (nSPS) is 22.8. The molecular formula is C23H19N3O2S. The first-order valence-electron chi connectivity index (χ1n) is 9.50. The lowest BCUT2D eigenvalue weighted by Gasteiger charge is -2.32. The number of benzene rings is 2. The first-order valence-corrected chi connectivity index (χ1v) is 10.4. The summed E-state index contributed by atoms with van der Waals surface area (Å²) in [6, 6.07) is 19.5. The van der Waals surface area contributed by atoms with E-state index in [0.717, 1.165) is 28.9 Å². The number of thioether (sulfide) groups is 1. The first kappa shape index (κ1) is 17.9. The summed E-state index contributed by atoms with van der Waals surface area (Å²) >= 11 is 1.40. The van der Waals surface area contributed by atoms with Crippen LogP contribution in [0.15, 0.2) is 73.1 Å². The number of hydrogen-bond acceptors (Lipinski definition) is 4. The Morgan fingerprint density at radius 2 is 1.69 bits per heavy atom. The van der Waals surface area contributed by atoms with E-state index in [9.17, 15) is 9.59 Å². The van der Waals surface area contributed by atoms with Crippen molar-refractivity contribution < 1.29 is 9.59 Å². The van der Waals surface area contributed by atoms with Gasteiger partial charge in [0.1, 0.15) is 0 Å². The summed E-state index contributed by atoms with van der Waals surface area (Å²) in [6.45, 7) is 1.86. The van der Waals surface area contributed by atoms with Crippen LogP contribution in [-0.2, 0) is 20.9 Å². The van der Waals surface area contributed by atoms with Gasteiger partial charge in [-0.3, -0.25) is 19.5 Å². The molecule has 1 N–H and O–H groups in total. The summed E-state index contributed by atoms with van der Waals surface area (Å²) in [6.07, 6.45) is 4.35. The lowest BCUT2D eigenvalue weighted by Crippen LogP contribution is -2.47. The zero-order valence-corrected chi connectivity index (χ0v) is 16.6. The van der Waals surface area contributed by atoms with Crippen LogP contribution in [0.3, 0.4) is 0 Å². The molecule has 2 aliphatic rings. The zero-order chi connectivity index (χ0) is 20.0. The van der Waals surface area contributed by atoms with Gasteiger partial charge in [-0.05, 0) is 54.8 Å². The molecule has 0 radical (unpaired) electrons. The summed E-state index contributed by atoms with van der Waals surface area (Å²) in [5, 5.41) is 2.65. The number of aromatic nitrogens is 1. The van der Waals surface area contributed by atoms with Crippen molar-refractivity contribution in [3.05, 3.63) is 89.7 Å². The van der Waals surface area contributed by atoms with E-state index in [1.165, 1.54) is 17.3 Å². The predicted octanol–water partition coefficient (Wildman–Crippen LogP) is 3.95. The summed E-state index contributed by atoms with van der Waals surface area (Å²) in [7, 11) is 0. The van der Waals surface area contributed by atoms with E-state index >= 15 is 0 Å².